The number of nitrogen functional groups attached to an aromatic ring is 1. The van der Waals surface area contributed by atoms with Gasteiger partial charge in [-0.3, -0.25) is 10.2 Å². The number of carbonyl (C=O) groups is 1. The van der Waals surface area contributed by atoms with Crippen LogP contribution in [0.5, 0.6) is 0 Å². The standard InChI is InChI=1S/C13H15N3O2S/c1-8-5-9(2)15-12(6-8)19-7-10-3-4-11(18-10)13(17)16-14/h3-6H,7,14H2,1-2H3,(H,16,17). The zero-order chi connectivity index (χ0) is 13.8. The summed E-state index contributed by atoms with van der Waals surface area (Å²) >= 11 is 1.57. The average molecular weight is 277 g/mol. The summed E-state index contributed by atoms with van der Waals surface area (Å²) in [5, 5.41) is 0.943. The normalized spacial score (nSPS) is 10.5. The van der Waals surface area contributed by atoms with Crippen LogP contribution in [0.1, 0.15) is 27.6 Å². The third kappa shape index (κ3) is 3.59. The molecule has 3 N–H and O–H groups in total. The largest absolute Gasteiger partial charge is 0.455 e. The zero-order valence-electron chi connectivity index (χ0n) is 10.8. The van der Waals surface area contributed by atoms with Gasteiger partial charge in [-0.05, 0) is 43.7 Å². The Bertz CT molecular complexity index is 575. The van der Waals surface area contributed by atoms with Crippen LogP contribution in [0.2, 0.25) is 0 Å². The topological polar surface area (TPSA) is 81.2 Å². The highest BCUT2D eigenvalue weighted by molar-refractivity contribution is 7.98. The molecule has 2 aromatic heterocycles. The molecule has 0 aliphatic rings. The minimum absolute atomic E-state index is 0.214. The first kappa shape index (κ1) is 13.6. The monoisotopic (exact) mass is 277 g/mol. The summed E-state index contributed by atoms with van der Waals surface area (Å²) in [5.41, 5.74) is 4.20. The molecule has 2 aromatic rings. The first-order valence-electron chi connectivity index (χ1n) is 5.76. The molecule has 0 atom stereocenters. The van der Waals surface area contributed by atoms with Gasteiger partial charge in [-0.15, -0.1) is 0 Å². The van der Waals surface area contributed by atoms with Crippen molar-refractivity contribution in [3.8, 4) is 0 Å². The number of aryl methyl sites for hydroxylation is 2. The summed E-state index contributed by atoms with van der Waals surface area (Å²) in [6, 6.07) is 7.42. The Labute approximate surface area is 115 Å². The van der Waals surface area contributed by atoms with Crippen LogP contribution in [0.25, 0.3) is 0 Å². The molecule has 19 heavy (non-hydrogen) atoms. The van der Waals surface area contributed by atoms with E-state index in [-0.39, 0.29) is 5.76 Å². The van der Waals surface area contributed by atoms with Crippen LogP contribution in [-0.4, -0.2) is 10.9 Å². The molecule has 0 aromatic carbocycles. The van der Waals surface area contributed by atoms with Crippen molar-refractivity contribution in [2.75, 3.05) is 0 Å². The predicted molar refractivity (Wildman–Crippen MR) is 73.6 cm³/mol. The van der Waals surface area contributed by atoms with Crippen molar-refractivity contribution in [1.82, 2.24) is 10.4 Å². The lowest BCUT2D eigenvalue weighted by molar-refractivity contribution is 0.0924. The van der Waals surface area contributed by atoms with Crippen LogP contribution in [-0.2, 0) is 5.75 Å². The van der Waals surface area contributed by atoms with Gasteiger partial charge in [0.1, 0.15) is 5.76 Å². The minimum atomic E-state index is -0.430. The number of hydrazine groups is 1. The third-order valence-electron chi connectivity index (χ3n) is 2.45. The van der Waals surface area contributed by atoms with Crippen molar-refractivity contribution in [1.29, 1.82) is 0 Å². The van der Waals surface area contributed by atoms with E-state index in [9.17, 15) is 4.79 Å². The Balaban J connectivity index is 2.02. The van der Waals surface area contributed by atoms with E-state index in [0.717, 1.165) is 10.7 Å². The molecule has 0 fully saturated rings. The van der Waals surface area contributed by atoms with E-state index in [4.69, 9.17) is 10.3 Å². The number of aromatic nitrogens is 1. The summed E-state index contributed by atoms with van der Waals surface area (Å²) < 4.78 is 5.38. The van der Waals surface area contributed by atoms with E-state index in [1.807, 2.05) is 31.4 Å². The summed E-state index contributed by atoms with van der Waals surface area (Å²) in [7, 11) is 0. The van der Waals surface area contributed by atoms with Crippen LogP contribution < -0.4 is 11.3 Å². The number of nitrogens with two attached hydrogens (primary N) is 1. The van der Waals surface area contributed by atoms with Crippen LogP contribution >= 0.6 is 11.8 Å². The highest BCUT2D eigenvalue weighted by Gasteiger charge is 2.10. The van der Waals surface area contributed by atoms with E-state index in [2.05, 4.69) is 4.98 Å². The number of carbonyl (C=O) groups excluding carboxylic acids is 1. The lowest BCUT2D eigenvalue weighted by atomic mass is 10.3. The fourth-order valence-electron chi connectivity index (χ4n) is 1.67. The molecule has 0 spiro atoms. The SMILES string of the molecule is Cc1cc(C)nc(SCc2ccc(C(=O)NN)o2)c1. The summed E-state index contributed by atoms with van der Waals surface area (Å²) in [5.74, 6) is 6.15. The molecule has 5 nitrogen and oxygen atoms in total. The Morgan fingerprint density at radius 1 is 1.42 bits per heavy atom. The number of hydrogen-bond acceptors (Lipinski definition) is 5. The number of hydrogen-bond donors (Lipinski definition) is 2. The Morgan fingerprint density at radius 3 is 2.89 bits per heavy atom. The van der Waals surface area contributed by atoms with E-state index in [1.54, 1.807) is 23.9 Å². The van der Waals surface area contributed by atoms with Crippen LogP contribution in [0, 0.1) is 13.8 Å². The second-order valence-corrected chi connectivity index (χ2v) is 5.15. The number of nitrogens with zero attached hydrogens (tertiary/aromatic N) is 1. The van der Waals surface area contributed by atoms with Crippen molar-refractivity contribution >= 4 is 17.7 Å². The summed E-state index contributed by atoms with van der Waals surface area (Å²) in [6.45, 7) is 4.00. The fraction of sp³-hybridized carbons (Fsp3) is 0.231. The summed E-state index contributed by atoms with van der Waals surface area (Å²) in [6.07, 6.45) is 0. The Morgan fingerprint density at radius 2 is 2.21 bits per heavy atom. The van der Waals surface area contributed by atoms with Gasteiger partial charge in [0.05, 0.1) is 10.8 Å². The van der Waals surface area contributed by atoms with Gasteiger partial charge in [-0.2, -0.15) is 0 Å². The van der Waals surface area contributed by atoms with Crippen molar-refractivity contribution in [3.05, 3.63) is 47.0 Å². The van der Waals surface area contributed by atoms with E-state index in [1.165, 1.54) is 5.56 Å². The van der Waals surface area contributed by atoms with Gasteiger partial charge >= 0.3 is 5.91 Å². The first-order chi connectivity index (χ1) is 9.08. The molecular weight excluding hydrogens is 262 g/mol. The van der Waals surface area contributed by atoms with Crippen molar-refractivity contribution in [2.45, 2.75) is 24.6 Å². The molecular formula is C13H15N3O2S. The highest BCUT2D eigenvalue weighted by atomic mass is 32.2. The average Bonchev–Trinajstić information content (AvgIpc) is 2.83. The maximum absolute atomic E-state index is 11.2. The molecule has 0 radical (unpaired) electrons. The number of pyridine rings is 1. The highest BCUT2D eigenvalue weighted by Crippen LogP contribution is 2.23. The maximum Gasteiger partial charge on any atom is 0.300 e. The maximum atomic E-state index is 11.2. The van der Waals surface area contributed by atoms with Crippen molar-refractivity contribution in [2.24, 2.45) is 5.84 Å². The Hall–Kier alpha value is -1.79. The minimum Gasteiger partial charge on any atom is -0.455 e. The van der Waals surface area contributed by atoms with Crippen molar-refractivity contribution < 1.29 is 9.21 Å². The van der Waals surface area contributed by atoms with Crippen LogP contribution in [0.4, 0.5) is 0 Å². The number of amides is 1. The lowest BCUT2D eigenvalue weighted by Gasteiger charge is -2.02. The van der Waals surface area contributed by atoms with Gasteiger partial charge in [0.2, 0.25) is 0 Å². The van der Waals surface area contributed by atoms with Gasteiger partial charge in [-0.1, -0.05) is 11.8 Å². The number of nitrogens with one attached hydrogen (secondary N) is 1. The molecule has 0 aliphatic heterocycles. The lowest BCUT2D eigenvalue weighted by Crippen LogP contribution is -2.29. The quantitative estimate of drug-likeness (QED) is 0.387. The molecule has 0 saturated carbocycles. The third-order valence-corrected chi connectivity index (χ3v) is 3.39. The van der Waals surface area contributed by atoms with E-state index < -0.39 is 5.91 Å². The summed E-state index contributed by atoms with van der Waals surface area (Å²) in [4.78, 5) is 15.7. The smallest absolute Gasteiger partial charge is 0.300 e. The molecule has 2 rings (SSSR count). The van der Waals surface area contributed by atoms with Crippen LogP contribution in [0.3, 0.4) is 0 Å². The molecule has 2 heterocycles. The molecule has 0 bridgehead atoms. The second-order valence-electron chi connectivity index (χ2n) is 4.15. The molecule has 0 saturated heterocycles. The van der Waals surface area contributed by atoms with Gasteiger partial charge in [0.15, 0.2) is 5.76 Å². The molecule has 6 heteroatoms. The first-order valence-corrected chi connectivity index (χ1v) is 6.75. The molecule has 1 amide bonds. The van der Waals surface area contributed by atoms with Gasteiger partial charge in [-0.25, -0.2) is 10.8 Å². The second kappa shape index (κ2) is 5.90. The van der Waals surface area contributed by atoms with Crippen LogP contribution in [0.15, 0.2) is 33.7 Å². The van der Waals surface area contributed by atoms with Gasteiger partial charge in [0.25, 0.3) is 0 Å². The number of rotatable bonds is 4. The fourth-order valence-corrected chi connectivity index (χ4v) is 2.60. The van der Waals surface area contributed by atoms with Gasteiger partial charge in [0, 0.05) is 5.69 Å². The van der Waals surface area contributed by atoms with E-state index in [0.29, 0.717) is 11.5 Å². The Kier molecular flexibility index (Phi) is 4.24. The molecule has 100 valence electrons. The van der Waals surface area contributed by atoms with Crippen molar-refractivity contribution in [3.63, 3.8) is 0 Å². The number of furan rings is 1. The van der Waals surface area contributed by atoms with Gasteiger partial charge < -0.3 is 4.42 Å². The predicted octanol–water partition coefficient (Wildman–Crippen LogP) is 2.19. The molecule has 0 aliphatic carbocycles. The number of thioether (sulfide) groups is 1. The van der Waals surface area contributed by atoms with E-state index >= 15 is 0 Å². The zero-order valence-corrected chi connectivity index (χ0v) is 11.6. The molecule has 0 unspecified atom stereocenters.